The number of aromatic nitrogens is 2. The minimum absolute atomic E-state index is 0. The number of rotatable bonds is 4. The van der Waals surface area contributed by atoms with Gasteiger partial charge in [0.15, 0.2) is 11.6 Å². The molecule has 0 aliphatic carbocycles. The van der Waals surface area contributed by atoms with E-state index in [2.05, 4.69) is 20.2 Å². The highest BCUT2D eigenvalue weighted by Gasteiger charge is 2.36. The molecule has 2 saturated heterocycles. The molecule has 2 aliphatic heterocycles. The van der Waals surface area contributed by atoms with Crippen molar-refractivity contribution < 1.29 is 18.7 Å². The first-order valence-electron chi connectivity index (χ1n) is 11.5. The van der Waals surface area contributed by atoms with E-state index in [1.54, 1.807) is 6.20 Å². The van der Waals surface area contributed by atoms with Gasteiger partial charge in [0.05, 0.1) is 13.3 Å². The Bertz CT molecular complexity index is 936. The minimum Gasteiger partial charge on any atom is -0.465 e. The van der Waals surface area contributed by atoms with Gasteiger partial charge in [0, 0.05) is 18.6 Å². The second-order valence-electron chi connectivity index (χ2n) is 8.69. The fraction of sp³-hybridized carbons (Fsp3) is 0.542. The molecule has 1 spiro atoms. The molecule has 1 N–H and O–H groups in total. The van der Waals surface area contributed by atoms with Crippen molar-refractivity contribution in [2.24, 2.45) is 0 Å². The summed E-state index contributed by atoms with van der Waals surface area (Å²) in [4.78, 5) is 23.0. The van der Waals surface area contributed by atoms with Crippen LogP contribution < -0.4 is 15.0 Å². The highest BCUT2D eigenvalue weighted by atomic mass is 35.5. The lowest BCUT2D eigenvalue weighted by molar-refractivity contribution is 0.0597. The van der Waals surface area contributed by atoms with Crippen LogP contribution in [0.15, 0.2) is 30.7 Å². The van der Waals surface area contributed by atoms with Crippen LogP contribution in [0.5, 0.6) is 11.5 Å². The summed E-state index contributed by atoms with van der Waals surface area (Å²) < 4.78 is 24.6. The zero-order chi connectivity index (χ0) is 22.4. The topological polar surface area (TPSA) is 76.6 Å². The SMILES string of the molecule is COC(=O)c1cc(F)ccc1Oc1cncnc1N1CCCC2(CCCCCCCN2)C1.Cl. The normalized spacial score (nSPS) is 21.3. The lowest BCUT2D eigenvalue weighted by Gasteiger charge is -2.44. The molecule has 180 valence electrons. The van der Waals surface area contributed by atoms with Crippen molar-refractivity contribution in [2.75, 3.05) is 31.6 Å². The lowest BCUT2D eigenvalue weighted by atomic mass is 9.84. The summed E-state index contributed by atoms with van der Waals surface area (Å²) in [6.45, 7) is 2.75. The smallest absolute Gasteiger partial charge is 0.341 e. The van der Waals surface area contributed by atoms with Crippen molar-refractivity contribution in [3.63, 3.8) is 0 Å². The average Bonchev–Trinajstić information content (AvgIpc) is 2.92. The number of carbonyl (C=O) groups excluding carboxylic acids is 1. The van der Waals surface area contributed by atoms with Gasteiger partial charge in [-0.1, -0.05) is 25.7 Å². The van der Waals surface area contributed by atoms with Crippen LogP contribution in [0.1, 0.15) is 61.7 Å². The number of halogens is 2. The van der Waals surface area contributed by atoms with Gasteiger partial charge in [0.25, 0.3) is 0 Å². The van der Waals surface area contributed by atoms with E-state index in [-0.39, 0.29) is 29.3 Å². The number of hydrogen-bond acceptors (Lipinski definition) is 7. The molecule has 0 radical (unpaired) electrons. The number of carbonyl (C=O) groups is 1. The van der Waals surface area contributed by atoms with E-state index in [4.69, 9.17) is 9.47 Å². The van der Waals surface area contributed by atoms with E-state index in [1.165, 1.54) is 57.7 Å². The third-order valence-corrected chi connectivity index (χ3v) is 6.43. The van der Waals surface area contributed by atoms with Crippen molar-refractivity contribution in [1.82, 2.24) is 15.3 Å². The summed E-state index contributed by atoms with van der Waals surface area (Å²) in [5.74, 6) is 0.128. The maximum atomic E-state index is 13.7. The molecule has 2 aromatic rings. The molecule has 2 aliphatic rings. The molecule has 2 fully saturated rings. The second kappa shape index (κ2) is 11.6. The van der Waals surface area contributed by atoms with Gasteiger partial charge in [-0.25, -0.2) is 19.2 Å². The van der Waals surface area contributed by atoms with Crippen LogP contribution in [0, 0.1) is 5.82 Å². The van der Waals surface area contributed by atoms with Gasteiger partial charge in [-0.15, -0.1) is 12.4 Å². The Morgan fingerprint density at radius 1 is 1.12 bits per heavy atom. The number of hydrogen-bond donors (Lipinski definition) is 1. The second-order valence-corrected chi connectivity index (χ2v) is 8.69. The van der Waals surface area contributed by atoms with Crippen LogP contribution in [-0.2, 0) is 4.74 Å². The molecule has 33 heavy (non-hydrogen) atoms. The lowest BCUT2D eigenvalue weighted by Crippen LogP contribution is -2.57. The maximum Gasteiger partial charge on any atom is 0.341 e. The number of methoxy groups -OCH3 is 1. The van der Waals surface area contributed by atoms with Crippen molar-refractivity contribution in [1.29, 1.82) is 0 Å². The summed E-state index contributed by atoms with van der Waals surface area (Å²) in [6.07, 6.45) is 12.8. The van der Waals surface area contributed by atoms with Crippen LogP contribution in [-0.4, -0.2) is 48.2 Å². The Kier molecular flexibility index (Phi) is 8.86. The van der Waals surface area contributed by atoms with Crippen LogP contribution in [0.4, 0.5) is 10.2 Å². The summed E-state index contributed by atoms with van der Waals surface area (Å²) in [5.41, 5.74) is 0.0908. The first-order valence-corrected chi connectivity index (χ1v) is 11.5. The molecule has 1 aromatic heterocycles. The molecule has 1 aromatic carbocycles. The third kappa shape index (κ3) is 6.12. The van der Waals surface area contributed by atoms with Crippen molar-refractivity contribution in [3.05, 3.63) is 42.1 Å². The molecule has 3 heterocycles. The van der Waals surface area contributed by atoms with Gasteiger partial charge in [-0.05, 0) is 50.4 Å². The molecule has 0 amide bonds. The highest BCUT2D eigenvalue weighted by Crippen LogP contribution is 2.36. The van der Waals surface area contributed by atoms with E-state index in [9.17, 15) is 9.18 Å². The molecule has 7 nitrogen and oxygen atoms in total. The molecule has 0 bridgehead atoms. The zero-order valence-electron chi connectivity index (χ0n) is 19.0. The fourth-order valence-electron chi connectivity index (χ4n) is 4.82. The number of esters is 1. The average molecular weight is 479 g/mol. The van der Waals surface area contributed by atoms with E-state index in [0.717, 1.165) is 45.0 Å². The van der Waals surface area contributed by atoms with Crippen LogP contribution in [0.2, 0.25) is 0 Å². The molecular weight excluding hydrogens is 447 g/mol. The largest absolute Gasteiger partial charge is 0.465 e. The Balaban J connectivity index is 0.00000306. The molecule has 1 atom stereocenters. The van der Waals surface area contributed by atoms with E-state index in [1.807, 2.05) is 0 Å². The van der Waals surface area contributed by atoms with E-state index < -0.39 is 11.8 Å². The van der Waals surface area contributed by atoms with Gasteiger partial charge in [0.2, 0.25) is 0 Å². The predicted molar refractivity (Wildman–Crippen MR) is 127 cm³/mol. The zero-order valence-corrected chi connectivity index (χ0v) is 19.8. The number of nitrogens with one attached hydrogen (secondary N) is 1. The molecule has 0 saturated carbocycles. The fourth-order valence-corrected chi connectivity index (χ4v) is 4.82. The first-order chi connectivity index (χ1) is 15.6. The monoisotopic (exact) mass is 478 g/mol. The van der Waals surface area contributed by atoms with Gasteiger partial charge in [-0.3, -0.25) is 0 Å². The number of benzene rings is 1. The van der Waals surface area contributed by atoms with Gasteiger partial charge in [-0.2, -0.15) is 0 Å². The Morgan fingerprint density at radius 2 is 1.91 bits per heavy atom. The minimum atomic E-state index is -0.662. The summed E-state index contributed by atoms with van der Waals surface area (Å²) in [6, 6.07) is 3.79. The van der Waals surface area contributed by atoms with Crippen LogP contribution >= 0.6 is 12.4 Å². The van der Waals surface area contributed by atoms with Gasteiger partial charge >= 0.3 is 5.97 Å². The molecular formula is C24H32ClFN4O3. The first kappa shape index (κ1) is 25.2. The predicted octanol–water partition coefficient (Wildman–Crippen LogP) is 4.90. The summed E-state index contributed by atoms with van der Waals surface area (Å²) >= 11 is 0. The number of nitrogens with zero attached hydrogens (tertiary/aromatic N) is 3. The standard InChI is InChI=1S/C24H31FN4O3.ClH/c1-31-23(30)19-14-18(25)8-9-20(19)32-21-15-26-17-27-22(21)29-13-7-11-24(16-29)10-5-3-2-4-6-12-28-24;/h8-9,14-15,17,28H,2-7,10-13,16H2,1H3;1H. The molecule has 9 heteroatoms. The van der Waals surface area contributed by atoms with Crippen LogP contribution in [0.25, 0.3) is 0 Å². The Morgan fingerprint density at radius 3 is 2.76 bits per heavy atom. The number of anilines is 1. The third-order valence-electron chi connectivity index (χ3n) is 6.43. The van der Waals surface area contributed by atoms with E-state index in [0.29, 0.717) is 11.6 Å². The van der Waals surface area contributed by atoms with Gasteiger partial charge < -0.3 is 19.7 Å². The number of piperidine rings is 1. The molecule has 1 unspecified atom stereocenters. The maximum absolute atomic E-state index is 13.7. The Hall–Kier alpha value is -2.45. The summed E-state index contributed by atoms with van der Waals surface area (Å²) in [7, 11) is 1.26. The quantitative estimate of drug-likeness (QED) is 0.626. The van der Waals surface area contributed by atoms with Crippen molar-refractivity contribution in [2.45, 2.75) is 56.9 Å². The van der Waals surface area contributed by atoms with Crippen molar-refractivity contribution in [3.8, 4) is 11.5 Å². The van der Waals surface area contributed by atoms with Gasteiger partial charge in [0.1, 0.15) is 23.5 Å². The highest BCUT2D eigenvalue weighted by molar-refractivity contribution is 5.92. The van der Waals surface area contributed by atoms with E-state index >= 15 is 0 Å². The van der Waals surface area contributed by atoms with Crippen LogP contribution in [0.3, 0.4) is 0 Å². The Labute approximate surface area is 200 Å². The molecule has 4 rings (SSSR count). The van der Waals surface area contributed by atoms with Crippen molar-refractivity contribution >= 4 is 24.2 Å². The number of ether oxygens (including phenoxy) is 2. The summed E-state index contributed by atoms with van der Waals surface area (Å²) in [5, 5.41) is 3.85.